The van der Waals surface area contributed by atoms with Gasteiger partial charge in [0.15, 0.2) is 0 Å². The van der Waals surface area contributed by atoms with Gasteiger partial charge in [-0.1, -0.05) is 19.3 Å². The van der Waals surface area contributed by atoms with Gasteiger partial charge in [-0.15, -0.1) is 0 Å². The Morgan fingerprint density at radius 3 is 2.83 bits per heavy atom. The second-order valence-electron chi connectivity index (χ2n) is 5.41. The molecular weight excluding hydrogens is 232 g/mol. The number of urea groups is 1. The van der Waals surface area contributed by atoms with Gasteiger partial charge in [-0.25, -0.2) is 4.79 Å². The van der Waals surface area contributed by atoms with Gasteiger partial charge in [-0.2, -0.15) is 0 Å². The SMILES string of the molecule is O=C(NCCO)NC1CCOC2(CCCCC2)C1. The summed E-state index contributed by atoms with van der Waals surface area (Å²) in [7, 11) is 0. The zero-order chi connectivity index (χ0) is 12.8. The first-order valence-electron chi connectivity index (χ1n) is 7.03. The van der Waals surface area contributed by atoms with Gasteiger partial charge in [0.05, 0.1) is 12.2 Å². The predicted molar refractivity (Wildman–Crippen MR) is 68.4 cm³/mol. The highest BCUT2D eigenvalue weighted by Gasteiger charge is 2.38. The van der Waals surface area contributed by atoms with Gasteiger partial charge in [-0.3, -0.25) is 0 Å². The van der Waals surface area contributed by atoms with E-state index < -0.39 is 0 Å². The monoisotopic (exact) mass is 256 g/mol. The van der Waals surface area contributed by atoms with Crippen LogP contribution in [0.3, 0.4) is 0 Å². The minimum absolute atomic E-state index is 0.0193. The Hall–Kier alpha value is -0.810. The normalized spacial score (nSPS) is 26.8. The number of hydrogen-bond donors (Lipinski definition) is 3. The Morgan fingerprint density at radius 1 is 1.33 bits per heavy atom. The van der Waals surface area contributed by atoms with Crippen molar-refractivity contribution in [1.29, 1.82) is 0 Å². The third kappa shape index (κ3) is 3.59. The molecule has 1 saturated carbocycles. The van der Waals surface area contributed by atoms with E-state index >= 15 is 0 Å². The molecule has 0 aromatic carbocycles. The maximum atomic E-state index is 11.6. The van der Waals surface area contributed by atoms with Crippen molar-refractivity contribution in [3.63, 3.8) is 0 Å². The fourth-order valence-corrected chi connectivity index (χ4v) is 3.10. The molecule has 3 N–H and O–H groups in total. The summed E-state index contributed by atoms with van der Waals surface area (Å²) in [5.41, 5.74) is 0.0193. The second kappa shape index (κ2) is 6.38. The summed E-state index contributed by atoms with van der Waals surface area (Å²) >= 11 is 0. The molecule has 5 nitrogen and oxygen atoms in total. The van der Waals surface area contributed by atoms with E-state index in [1.165, 1.54) is 19.3 Å². The number of aliphatic hydroxyl groups excluding tert-OH is 1. The van der Waals surface area contributed by atoms with Crippen LogP contribution in [0, 0.1) is 0 Å². The van der Waals surface area contributed by atoms with Crippen molar-refractivity contribution in [2.45, 2.75) is 56.6 Å². The van der Waals surface area contributed by atoms with Crippen molar-refractivity contribution >= 4 is 6.03 Å². The van der Waals surface area contributed by atoms with Crippen molar-refractivity contribution in [3.05, 3.63) is 0 Å². The highest BCUT2D eigenvalue weighted by molar-refractivity contribution is 5.74. The molecule has 2 rings (SSSR count). The molecule has 2 fully saturated rings. The van der Waals surface area contributed by atoms with Crippen molar-refractivity contribution in [3.8, 4) is 0 Å². The molecule has 18 heavy (non-hydrogen) atoms. The number of aliphatic hydroxyl groups is 1. The molecule has 104 valence electrons. The van der Waals surface area contributed by atoms with Gasteiger partial charge in [-0.05, 0) is 25.7 Å². The van der Waals surface area contributed by atoms with Crippen LogP contribution in [-0.4, -0.2) is 42.5 Å². The van der Waals surface area contributed by atoms with Gasteiger partial charge in [0, 0.05) is 19.2 Å². The summed E-state index contributed by atoms with van der Waals surface area (Å²) in [5, 5.41) is 14.3. The Kier molecular flexibility index (Phi) is 4.83. The molecule has 1 spiro atoms. The first-order valence-corrected chi connectivity index (χ1v) is 7.03. The molecule has 0 bridgehead atoms. The van der Waals surface area contributed by atoms with E-state index in [-0.39, 0.29) is 24.3 Å². The van der Waals surface area contributed by atoms with E-state index in [0.29, 0.717) is 6.54 Å². The van der Waals surface area contributed by atoms with Crippen LogP contribution in [0.2, 0.25) is 0 Å². The highest BCUT2D eigenvalue weighted by Crippen LogP contribution is 2.38. The molecule has 1 aliphatic carbocycles. The van der Waals surface area contributed by atoms with Crippen LogP contribution in [-0.2, 0) is 4.74 Å². The molecular formula is C13H24N2O3. The molecule has 2 aliphatic rings. The lowest BCUT2D eigenvalue weighted by Crippen LogP contribution is -2.51. The Labute approximate surface area is 108 Å². The summed E-state index contributed by atoms with van der Waals surface area (Å²) in [6.07, 6.45) is 7.85. The lowest BCUT2D eigenvalue weighted by atomic mass is 9.78. The minimum atomic E-state index is -0.179. The van der Waals surface area contributed by atoms with E-state index in [1.54, 1.807) is 0 Å². The first kappa shape index (κ1) is 13.6. The second-order valence-corrected chi connectivity index (χ2v) is 5.41. The molecule has 1 unspecified atom stereocenters. The number of carbonyl (C=O) groups excluding carboxylic acids is 1. The van der Waals surface area contributed by atoms with Crippen LogP contribution in [0.4, 0.5) is 4.79 Å². The molecule has 0 radical (unpaired) electrons. The molecule has 0 aromatic heterocycles. The van der Waals surface area contributed by atoms with Crippen molar-refractivity contribution in [2.24, 2.45) is 0 Å². The fourth-order valence-electron chi connectivity index (χ4n) is 3.10. The molecule has 1 saturated heterocycles. The molecule has 1 aliphatic heterocycles. The summed E-state index contributed by atoms with van der Waals surface area (Å²) in [6.45, 7) is 1.02. The van der Waals surface area contributed by atoms with E-state index in [0.717, 1.165) is 32.3 Å². The smallest absolute Gasteiger partial charge is 0.315 e. The van der Waals surface area contributed by atoms with E-state index in [9.17, 15) is 4.79 Å². The fraction of sp³-hybridized carbons (Fsp3) is 0.923. The third-order valence-corrected chi connectivity index (χ3v) is 3.99. The Balaban J connectivity index is 1.80. The molecule has 0 aromatic rings. The van der Waals surface area contributed by atoms with E-state index in [4.69, 9.17) is 9.84 Å². The van der Waals surface area contributed by atoms with Crippen LogP contribution >= 0.6 is 0 Å². The number of amides is 2. The average Bonchev–Trinajstić information content (AvgIpc) is 2.37. The highest BCUT2D eigenvalue weighted by atomic mass is 16.5. The molecule has 5 heteroatoms. The number of ether oxygens (including phenoxy) is 1. The van der Waals surface area contributed by atoms with Crippen molar-refractivity contribution in [1.82, 2.24) is 10.6 Å². The zero-order valence-corrected chi connectivity index (χ0v) is 10.9. The summed E-state index contributed by atoms with van der Waals surface area (Å²) in [4.78, 5) is 11.6. The number of rotatable bonds is 3. The number of hydrogen-bond acceptors (Lipinski definition) is 3. The zero-order valence-electron chi connectivity index (χ0n) is 10.9. The lowest BCUT2D eigenvalue weighted by molar-refractivity contribution is -0.107. The Morgan fingerprint density at radius 2 is 2.11 bits per heavy atom. The third-order valence-electron chi connectivity index (χ3n) is 3.99. The molecule has 1 heterocycles. The molecule has 1 atom stereocenters. The van der Waals surface area contributed by atoms with Crippen LogP contribution in [0.25, 0.3) is 0 Å². The quantitative estimate of drug-likeness (QED) is 0.709. The van der Waals surface area contributed by atoms with Gasteiger partial charge < -0.3 is 20.5 Å². The van der Waals surface area contributed by atoms with Crippen molar-refractivity contribution in [2.75, 3.05) is 19.8 Å². The van der Waals surface area contributed by atoms with Gasteiger partial charge in [0.2, 0.25) is 0 Å². The van der Waals surface area contributed by atoms with Crippen LogP contribution in [0.5, 0.6) is 0 Å². The Bertz CT molecular complexity index is 272. The summed E-state index contributed by atoms with van der Waals surface area (Å²) in [6, 6.07) is 0.0254. The topological polar surface area (TPSA) is 70.6 Å². The van der Waals surface area contributed by atoms with Crippen LogP contribution in [0.1, 0.15) is 44.9 Å². The lowest BCUT2D eigenvalue weighted by Gasteiger charge is -2.43. The number of nitrogens with one attached hydrogen (secondary N) is 2. The van der Waals surface area contributed by atoms with E-state index in [1.807, 2.05) is 0 Å². The predicted octanol–water partition coefficient (Wildman–Crippen LogP) is 1.16. The maximum absolute atomic E-state index is 11.6. The minimum Gasteiger partial charge on any atom is -0.395 e. The van der Waals surface area contributed by atoms with E-state index in [2.05, 4.69) is 10.6 Å². The van der Waals surface area contributed by atoms with Crippen molar-refractivity contribution < 1.29 is 14.6 Å². The van der Waals surface area contributed by atoms with Gasteiger partial charge >= 0.3 is 6.03 Å². The maximum Gasteiger partial charge on any atom is 0.315 e. The van der Waals surface area contributed by atoms with Gasteiger partial charge in [0.25, 0.3) is 0 Å². The first-order chi connectivity index (χ1) is 8.74. The molecule has 2 amide bonds. The van der Waals surface area contributed by atoms with Crippen LogP contribution < -0.4 is 10.6 Å². The standard InChI is InChI=1S/C13H24N2O3/c16-8-7-14-12(17)15-11-4-9-18-13(10-11)5-2-1-3-6-13/h11,16H,1-10H2,(H2,14,15,17). The number of carbonyl (C=O) groups is 1. The van der Waals surface area contributed by atoms with Crippen LogP contribution in [0.15, 0.2) is 0 Å². The van der Waals surface area contributed by atoms with Gasteiger partial charge in [0.1, 0.15) is 0 Å². The summed E-state index contributed by atoms with van der Waals surface area (Å²) < 4.78 is 5.99. The summed E-state index contributed by atoms with van der Waals surface area (Å²) in [5.74, 6) is 0. The largest absolute Gasteiger partial charge is 0.395 e. The average molecular weight is 256 g/mol.